The number of hydrogen-bond acceptors (Lipinski definition) is 3. The molecule has 0 amide bonds. The third-order valence-electron chi connectivity index (χ3n) is 3.68. The molecule has 0 radical (unpaired) electrons. The van der Waals surface area contributed by atoms with Crippen molar-refractivity contribution in [2.75, 3.05) is 0 Å². The summed E-state index contributed by atoms with van der Waals surface area (Å²) in [5, 5.41) is 8.76. The molecule has 1 heterocycles. The van der Waals surface area contributed by atoms with Gasteiger partial charge >= 0.3 is 5.97 Å². The minimum atomic E-state index is -1.04. The Balaban J connectivity index is 1.87. The summed E-state index contributed by atoms with van der Waals surface area (Å²) in [6.07, 6.45) is 6.29. The second-order valence-corrected chi connectivity index (χ2v) is 4.87. The standard InChI is InChI=1S/C14H20O4/c1-2-10-5-3-4-6-12(10)17-9-11-7-8-13(18-11)14(15)16/h7-8,10,12H,2-6,9H2,1H3,(H,15,16). The normalized spacial score (nSPS) is 24.1. The molecule has 4 nitrogen and oxygen atoms in total. The van der Waals surface area contributed by atoms with Crippen LogP contribution in [0.15, 0.2) is 16.5 Å². The fraction of sp³-hybridized carbons (Fsp3) is 0.643. The average Bonchev–Trinajstić information content (AvgIpc) is 2.85. The lowest BCUT2D eigenvalue weighted by Gasteiger charge is -2.30. The van der Waals surface area contributed by atoms with Gasteiger partial charge in [0.25, 0.3) is 0 Å². The van der Waals surface area contributed by atoms with Crippen molar-refractivity contribution in [3.63, 3.8) is 0 Å². The lowest BCUT2D eigenvalue weighted by molar-refractivity contribution is -0.0286. The van der Waals surface area contributed by atoms with Gasteiger partial charge in [-0.15, -0.1) is 0 Å². The van der Waals surface area contributed by atoms with Crippen molar-refractivity contribution in [1.82, 2.24) is 0 Å². The van der Waals surface area contributed by atoms with Gasteiger partial charge in [0.15, 0.2) is 0 Å². The van der Waals surface area contributed by atoms with E-state index in [1.807, 2.05) is 0 Å². The number of hydrogen-bond donors (Lipinski definition) is 1. The first-order chi connectivity index (χ1) is 8.70. The van der Waals surface area contributed by atoms with E-state index in [4.69, 9.17) is 14.3 Å². The van der Waals surface area contributed by atoms with E-state index < -0.39 is 5.97 Å². The molecule has 0 bridgehead atoms. The highest BCUT2D eigenvalue weighted by atomic mass is 16.5. The molecule has 2 unspecified atom stereocenters. The summed E-state index contributed by atoms with van der Waals surface area (Å²) in [4.78, 5) is 10.7. The van der Waals surface area contributed by atoms with E-state index in [1.165, 1.54) is 25.3 Å². The van der Waals surface area contributed by atoms with Gasteiger partial charge in [0, 0.05) is 0 Å². The van der Waals surface area contributed by atoms with Crippen molar-refractivity contribution < 1.29 is 19.1 Å². The zero-order chi connectivity index (χ0) is 13.0. The van der Waals surface area contributed by atoms with E-state index >= 15 is 0 Å². The number of ether oxygens (including phenoxy) is 1. The molecule has 1 aliphatic rings. The van der Waals surface area contributed by atoms with Gasteiger partial charge in [-0.05, 0) is 30.9 Å². The molecule has 0 aromatic carbocycles. The summed E-state index contributed by atoms with van der Waals surface area (Å²) in [6, 6.07) is 3.15. The number of carboxylic acids is 1. The number of furan rings is 1. The van der Waals surface area contributed by atoms with Crippen LogP contribution in [-0.2, 0) is 11.3 Å². The Morgan fingerprint density at radius 2 is 2.22 bits per heavy atom. The molecule has 4 heteroatoms. The second-order valence-electron chi connectivity index (χ2n) is 4.87. The molecule has 1 aliphatic carbocycles. The summed E-state index contributed by atoms with van der Waals surface area (Å²) in [5.41, 5.74) is 0. The van der Waals surface area contributed by atoms with Crippen LogP contribution in [0.5, 0.6) is 0 Å². The maximum Gasteiger partial charge on any atom is 0.371 e. The molecule has 1 aromatic heterocycles. The lowest BCUT2D eigenvalue weighted by atomic mass is 9.85. The Bertz CT molecular complexity index is 396. The van der Waals surface area contributed by atoms with Crippen LogP contribution in [0.3, 0.4) is 0 Å². The predicted molar refractivity (Wildman–Crippen MR) is 66.5 cm³/mol. The van der Waals surface area contributed by atoms with Gasteiger partial charge in [0.05, 0.1) is 6.10 Å². The summed E-state index contributed by atoms with van der Waals surface area (Å²) in [5.74, 6) is 0.162. The number of carboxylic acid groups (broad SMARTS) is 1. The van der Waals surface area contributed by atoms with Crippen molar-refractivity contribution in [2.24, 2.45) is 5.92 Å². The molecule has 0 spiro atoms. The zero-order valence-electron chi connectivity index (χ0n) is 10.7. The van der Waals surface area contributed by atoms with Gasteiger partial charge < -0.3 is 14.3 Å². The highest BCUT2D eigenvalue weighted by molar-refractivity contribution is 5.84. The predicted octanol–water partition coefficient (Wildman–Crippen LogP) is 3.46. The Morgan fingerprint density at radius 1 is 1.44 bits per heavy atom. The molecule has 1 fully saturated rings. The monoisotopic (exact) mass is 252 g/mol. The van der Waals surface area contributed by atoms with Gasteiger partial charge in [-0.3, -0.25) is 0 Å². The first kappa shape index (κ1) is 13.1. The van der Waals surface area contributed by atoms with Crippen LogP contribution >= 0.6 is 0 Å². The third kappa shape index (κ3) is 3.13. The third-order valence-corrected chi connectivity index (χ3v) is 3.68. The molecule has 0 aliphatic heterocycles. The van der Waals surface area contributed by atoms with E-state index in [9.17, 15) is 4.79 Å². The zero-order valence-corrected chi connectivity index (χ0v) is 10.7. The fourth-order valence-corrected chi connectivity index (χ4v) is 2.62. The topological polar surface area (TPSA) is 59.7 Å². The highest BCUT2D eigenvalue weighted by Gasteiger charge is 2.24. The van der Waals surface area contributed by atoms with E-state index in [0.29, 0.717) is 24.4 Å². The molecule has 18 heavy (non-hydrogen) atoms. The lowest BCUT2D eigenvalue weighted by Crippen LogP contribution is -2.27. The Labute approximate surface area is 107 Å². The smallest absolute Gasteiger partial charge is 0.371 e. The van der Waals surface area contributed by atoms with Crippen molar-refractivity contribution in [3.8, 4) is 0 Å². The molecule has 2 rings (SSSR count). The van der Waals surface area contributed by atoms with Crippen molar-refractivity contribution in [1.29, 1.82) is 0 Å². The quantitative estimate of drug-likeness (QED) is 0.871. The van der Waals surface area contributed by atoms with Gasteiger partial charge in [-0.1, -0.05) is 26.2 Å². The SMILES string of the molecule is CCC1CCCCC1OCc1ccc(C(=O)O)o1. The number of aromatic carboxylic acids is 1. The van der Waals surface area contributed by atoms with Crippen LogP contribution in [0, 0.1) is 5.92 Å². The van der Waals surface area contributed by atoms with Crippen molar-refractivity contribution >= 4 is 5.97 Å². The summed E-state index contributed by atoms with van der Waals surface area (Å²) in [6.45, 7) is 2.57. The molecule has 2 atom stereocenters. The van der Waals surface area contributed by atoms with Crippen LogP contribution in [0.2, 0.25) is 0 Å². The van der Waals surface area contributed by atoms with Crippen molar-refractivity contribution in [3.05, 3.63) is 23.7 Å². The van der Waals surface area contributed by atoms with Crippen LogP contribution in [-0.4, -0.2) is 17.2 Å². The molecule has 1 N–H and O–H groups in total. The molecular formula is C14H20O4. The fourth-order valence-electron chi connectivity index (χ4n) is 2.62. The Hall–Kier alpha value is -1.29. The van der Waals surface area contributed by atoms with E-state index in [1.54, 1.807) is 6.07 Å². The van der Waals surface area contributed by atoms with E-state index in [-0.39, 0.29) is 5.76 Å². The summed E-state index contributed by atoms with van der Waals surface area (Å²) >= 11 is 0. The second kappa shape index (κ2) is 6.05. The van der Waals surface area contributed by atoms with Crippen LogP contribution in [0.1, 0.15) is 55.3 Å². The first-order valence-electron chi connectivity index (χ1n) is 6.64. The first-order valence-corrected chi connectivity index (χ1v) is 6.64. The maximum atomic E-state index is 10.7. The van der Waals surface area contributed by atoms with Gasteiger partial charge in [-0.2, -0.15) is 0 Å². The highest BCUT2D eigenvalue weighted by Crippen LogP contribution is 2.29. The molecule has 100 valence electrons. The Morgan fingerprint density at radius 3 is 2.89 bits per heavy atom. The Kier molecular flexibility index (Phi) is 4.42. The van der Waals surface area contributed by atoms with E-state index in [2.05, 4.69) is 6.92 Å². The maximum absolute atomic E-state index is 10.7. The molecule has 1 saturated carbocycles. The molecular weight excluding hydrogens is 232 g/mol. The van der Waals surface area contributed by atoms with Gasteiger partial charge in [0.2, 0.25) is 5.76 Å². The van der Waals surface area contributed by atoms with Crippen LogP contribution < -0.4 is 0 Å². The van der Waals surface area contributed by atoms with E-state index in [0.717, 1.165) is 12.8 Å². The molecule has 1 aromatic rings. The van der Waals surface area contributed by atoms with Crippen molar-refractivity contribution in [2.45, 2.75) is 51.7 Å². The molecule has 0 saturated heterocycles. The number of carbonyl (C=O) groups is 1. The summed E-state index contributed by atoms with van der Waals surface area (Å²) < 4.78 is 11.1. The minimum absolute atomic E-state index is 0.0238. The average molecular weight is 252 g/mol. The number of rotatable bonds is 5. The van der Waals surface area contributed by atoms with Gasteiger partial charge in [-0.25, -0.2) is 4.79 Å². The largest absolute Gasteiger partial charge is 0.475 e. The van der Waals surface area contributed by atoms with Crippen LogP contribution in [0.4, 0.5) is 0 Å². The summed E-state index contributed by atoms with van der Waals surface area (Å²) in [7, 11) is 0. The van der Waals surface area contributed by atoms with Gasteiger partial charge in [0.1, 0.15) is 12.4 Å². The minimum Gasteiger partial charge on any atom is -0.475 e. The van der Waals surface area contributed by atoms with Crippen LogP contribution in [0.25, 0.3) is 0 Å².